The van der Waals surface area contributed by atoms with Gasteiger partial charge in [-0.25, -0.2) is 0 Å². The standard InChI is InChI=1S/C15H20N2O7/c1-10-2-3-24-15-6-16(5-14(22)17(10)15)4-11(12(20)7-18)13(21)8-23-9-19/h4,9-10,15,18H,2-3,5-8H2,1H3/b11-4-/t10-,15+/m1/s1. The first kappa shape index (κ1) is 18.1. The van der Waals surface area contributed by atoms with Gasteiger partial charge in [-0.05, 0) is 13.3 Å². The van der Waals surface area contributed by atoms with E-state index in [9.17, 15) is 19.2 Å². The van der Waals surface area contributed by atoms with Crippen LogP contribution in [0.3, 0.4) is 0 Å². The van der Waals surface area contributed by atoms with Crippen LogP contribution in [0.25, 0.3) is 0 Å². The summed E-state index contributed by atoms with van der Waals surface area (Å²) in [6.07, 6.45) is 1.54. The maximum absolute atomic E-state index is 12.3. The highest BCUT2D eigenvalue weighted by molar-refractivity contribution is 6.21. The normalized spacial score (nSPS) is 24.4. The van der Waals surface area contributed by atoms with E-state index in [0.29, 0.717) is 13.2 Å². The van der Waals surface area contributed by atoms with E-state index in [2.05, 4.69) is 4.74 Å². The lowest BCUT2D eigenvalue weighted by molar-refractivity contribution is -0.176. The average molecular weight is 340 g/mol. The third kappa shape index (κ3) is 3.98. The Morgan fingerprint density at radius 1 is 1.42 bits per heavy atom. The molecule has 0 bridgehead atoms. The summed E-state index contributed by atoms with van der Waals surface area (Å²) in [4.78, 5) is 49.4. The molecular formula is C15H20N2O7. The minimum absolute atomic E-state index is 0.00573. The average Bonchev–Trinajstić information content (AvgIpc) is 2.56. The fraction of sp³-hybridized carbons (Fsp3) is 0.600. The highest BCUT2D eigenvalue weighted by atomic mass is 16.5. The molecule has 0 unspecified atom stereocenters. The Balaban J connectivity index is 2.16. The van der Waals surface area contributed by atoms with E-state index in [1.807, 2.05) is 6.92 Å². The number of hydrogen-bond donors (Lipinski definition) is 1. The van der Waals surface area contributed by atoms with E-state index >= 15 is 0 Å². The van der Waals surface area contributed by atoms with Crippen LogP contribution < -0.4 is 0 Å². The van der Waals surface area contributed by atoms with Crippen molar-refractivity contribution < 1.29 is 33.8 Å². The predicted molar refractivity (Wildman–Crippen MR) is 79.4 cm³/mol. The number of piperazine rings is 1. The Morgan fingerprint density at radius 3 is 2.83 bits per heavy atom. The second-order valence-electron chi connectivity index (χ2n) is 5.65. The molecule has 0 aliphatic carbocycles. The minimum Gasteiger partial charge on any atom is -0.459 e. The zero-order valence-corrected chi connectivity index (χ0v) is 13.3. The number of carbonyl (C=O) groups excluding carboxylic acids is 4. The van der Waals surface area contributed by atoms with E-state index in [0.717, 1.165) is 6.42 Å². The first-order valence-corrected chi connectivity index (χ1v) is 7.59. The molecule has 0 aromatic heterocycles. The summed E-state index contributed by atoms with van der Waals surface area (Å²) in [7, 11) is 0. The van der Waals surface area contributed by atoms with Gasteiger partial charge in [-0.2, -0.15) is 0 Å². The largest absolute Gasteiger partial charge is 0.459 e. The number of rotatable bonds is 7. The summed E-state index contributed by atoms with van der Waals surface area (Å²) >= 11 is 0. The highest BCUT2D eigenvalue weighted by Gasteiger charge is 2.38. The van der Waals surface area contributed by atoms with Crippen molar-refractivity contribution >= 4 is 23.9 Å². The number of amides is 1. The van der Waals surface area contributed by atoms with Crippen LogP contribution in [0.1, 0.15) is 13.3 Å². The number of nitrogens with zero attached hydrogens (tertiary/aromatic N) is 2. The number of hydrogen-bond acceptors (Lipinski definition) is 8. The lowest BCUT2D eigenvalue weighted by Gasteiger charge is -2.46. The van der Waals surface area contributed by atoms with Gasteiger partial charge in [-0.1, -0.05) is 0 Å². The zero-order valence-electron chi connectivity index (χ0n) is 13.3. The Kier molecular flexibility index (Phi) is 6.04. The number of aliphatic hydroxyl groups excluding tert-OH is 1. The molecule has 0 radical (unpaired) electrons. The van der Waals surface area contributed by atoms with Crippen LogP contribution in [0.15, 0.2) is 11.8 Å². The molecule has 0 aromatic rings. The van der Waals surface area contributed by atoms with E-state index in [1.165, 1.54) is 11.1 Å². The Hall–Kier alpha value is -2.26. The highest BCUT2D eigenvalue weighted by Crippen LogP contribution is 2.22. The van der Waals surface area contributed by atoms with Crippen LogP contribution in [0.4, 0.5) is 0 Å². The van der Waals surface area contributed by atoms with Crippen molar-refractivity contribution in [3.8, 4) is 0 Å². The molecule has 24 heavy (non-hydrogen) atoms. The number of ether oxygens (including phenoxy) is 2. The van der Waals surface area contributed by atoms with Gasteiger partial charge in [0.2, 0.25) is 11.7 Å². The van der Waals surface area contributed by atoms with Crippen molar-refractivity contribution in [3.63, 3.8) is 0 Å². The minimum atomic E-state index is -0.858. The van der Waals surface area contributed by atoms with Gasteiger partial charge in [0.1, 0.15) is 12.8 Å². The number of carbonyl (C=O) groups is 4. The molecule has 2 aliphatic heterocycles. The van der Waals surface area contributed by atoms with Gasteiger partial charge in [0.25, 0.3) is 6.47 Å². The van der Waals surface area contributed by atoms with Crippen LogP contribution in [0, 0.1) is 0 Å². The van der Waals surface area contributed by atoms with Gasteiger partial charge in [-0.15, -0.1) is 0 Å². The van der Waals surface area contributed by atoms with Crippen LogP contribution in [0.5, 0.6) is 0 Å². The molecule has 9 nitrogen and oxygen atoms in total. The molecule has 0 aromatic carbocycles. The Labute approximate surface area is 138 Å². The van der Waals surface area contributed by atoms with E-state index < -0.39 is 31.0 Å². The van der Waals surface area contributed by atoms with E-state index in [4.69, 9.17) is 9.84 Å². The summed E-state index contributed by atoms with van der Waals surface area (Å²) < 4.78 is 9.95. The van der Waals surface area contributed by atoms with Crippen molar-refractivity contribution in [2.24, 2.45) is 0 Å². The molecule has 1 amide bonds. The SMILES string of the molecule is C[C@@H]1CCO[C@H]2CN(/C=C(/C(=O)CO)C(=O)COC=O)CC(=O)N12. The lowest BCUT2D eigenvalue weighted by atomic mass is 10.1. The van der Waals surface area contributed by atoms with Gasteiger partial charge in [0, 0.05) is 12.2 Å². The molecule has 2 saturated heterocycles. The van der Waals surface area contributed by atoms with Gasteiger partial charge in [0.05, 0.1) is 25.3 Å². The quantitative estimate of drug-likeness (QED) is 0.257. The van der Waals surface area contributed by atoms with Gasteiger partial charge in [-0.3, -0.25) is 19.2 Å². The molecule has 2 rings (SSSR count). The van der Waals surface area contributed by atoms with Crippen LogP contribution >= 0.6 is 0 Å². The molecule has 0 spiro atoms. The third-order valence-corrected chi connectivity index (χ3v) is 3.99. The van der Waals surface area contributed by atoms with Crippen molar-refractivity contribution in [1.82, 2.24) is 9.80 Å². The summed E-state index contributed by atoms with van der Waals surface area (Å²) in [5.74, 6) is -1.71. The topological polar surface area (TPSA) is 113 Å². The number of ketones is 2. The summed E-state index contributed by atoms with van der Waals surface area (Å²) in [5, 5.41) is 9.01. The number of fused-ring (bicyclic) bond motifs is 1. The molecule has 2 aliphatic rings. The van der Waals surface area contributed by atoms with Gasteiger partial charge < -0.3 is 24.4 Å². The monoisotopic (exact) mass is 340 g/mol. The van der Waals surface area contributed by atoms with Crippen LogP contribution in [-0.4, -0.2) is 84.0 Å². The second-order valence-corrected chi connectivity index (χ2v) is 5.65. The Bertz CT molecular complexity index is 560. The van der Waals surface area contributed by atoms with Gasteiger partial charge in [0.15, 0.2) is 12.4 Å². The number of aliphatic hydroxyl groups is 1. The molecule has 2 fully saturated rings. The summed E-state index contributed by atoms with van der Waals surface area (Å²) in [5.41, 5.74) is -0.315. The molecule has 0 saturated carbocycles. The third-order valence-electron chi connectivity index (χ3n) is 3.99. The first-order chi connectivity index (χ1) is 11.5. The van der Waals surface area contributed by atoms with Crippen molar-refractivity contribution in [2.45, 2.75) is 25.6 Å². The van der Waals surface area contributed by atoms with E-state index in [-0.39, 0.29) is 30.5 Å². The molecule has 2 heterocycles. The van der Waals surface area contributed by atoms with Crippen molar-refractivity contribution in [3.05, 3.63) is 11.8 Å². The predicted octanol–water partition coefficient (Wildman–Crippen LogP) is -1.55. The summed E-state index contributed by atoms with van der Waals surface area (Å²) in [6.45, 7) is 1.41. The fourth-order valence-electron chi connectivity index (χ4n) is 2.80. The molecular weight excluding hydrogens is 320 g/mol. The maximum atomic E-state index is 12.3. The summed E-state index contributed by atoms with van der Waals surface area (Å²) in [6, 6.07) is 0.0727. The Morgan fingerprint density at radius 2 is 2.17 bits per heavy atom. The second kappa shape index (κ2) is 8.02. The lowest BCUT2D eigenvalue weighted by Crippen LogP contribution is -2.61. The molecule has 2 atom stereocenters. The molecule has 1 N–H and O–H groups in total. The van der Waals surface area contributed by atoms with Crippen LogP contribution in [0.2, 0.25) is 0 Å². The first-order valence-electron chi connectivity index (χ1n) is 7.59. The van der Waals surface area contributed by atoms with Crippen LogP contribution in [-0.2, 0) is 28.7 Å². The van der Waals surface area contributed by atoms with Crippen molar-refractivity contribution in [1.29, 1.82) is 0 Å². The maximum Gasteiger partial charge on any atom is 0.293 e. The zero-order chi connectivity index (χ0) is 17.7. The van der Waals surface area contributed by atoms with E-state index in [1.54, 1.807) is 4.90 Å². The van der Waals surface area contributed by atoms with Crippen molar-refractivity contribution in [2.75, 3.05) is 32.9 Å². The fourth-order valence-corrected chi connectivity index (χ4v) is 2.80. The smallest absolute Gasteiger partial charge is 0.293 e. The van der Waals surface area contributed by atoms with Gasteiger partial charge >= 0.3 is 0 Å². The molecule has 132 valence electrons. The molecule has 9 heteroatoms. The number of Topliss-reactive ketones (excluding diaryl/α,β-unsaturated/α-hetero) is 2.